The lowest BCUT2D eigenvalue weighted by molar-refractivity contribution is 0.601. The lowest BCUT2D eigenvalue weighted by Gasteiger charge is -2.15. The normalized spacial score (nSPS) is 11.4. The molecule has 2 aromatic rings. The maximum absolute atomic E-state index is 12.6. The molecule has 0 aliphatic carbocycles. The maximum atomic E-state index is 12.6. The molecule has 0 radical (unpaired) electrons. The topological polar surface area (TPSA) is 72.2 Å². The summed E-state index contributed by atoms with van der Waals surface area (Å²) < 4.78 is 28.5. The quantitative estimate of drug-likeness (QED) is 0.808. The Labute approximate surface area is 133 Å². The van der Waals surface area contributed by atoms with Crippen LogP contribution in [0.15, 0.2) is 45.8 Å². The molecule has 4 nitrogen and oxygen atoms in total. The van der Waals surface area contributed by atoms with Crippen LogP contribution in [-0.4, -0.2) is 8.42 Å². The molecule has 0 aliphatic rings. The van der Waals surface area contributed by atoms with Gasteiger partial charge in [-0.25, -0.2) is 8.42 Å². The van der Waals surface area contributed by atoms with Gasteiger partial charge in [-0.15, -0.1) is 0 Å². The van der Waals surface area contributed by atoms with Crippen LogP contribution in [0.2, 0.25) is 0 Å². The largest absolute Gasteiger partial charge is 0.398 e. The van der Waals surface area contributed by atoms with Crippen molar-refractivity contribution in [2.24, 2.45) is 0 Å². The highest BCUT2D eigenvalue weighted by Gasteiger charge is 2.20. The molecule has 0 bridgehead atoms. The predicted molar refractivity (Wildman–Crippen MR) is 89.9 cm³/mol. The van der Waals surface area contributed by atoms with Crippen molar-refractivity contribution < 1.29 is 8.42 Å². The molecule has 0 aliphatic heterocycles. The Kier molecular flexibility index (Phi) is 4.58. The minimum atomic E-state index is -3.73. The fourth-order valence-electron chi connectivity index (χ4n) is 2.10. The molecule has 0 saturated heterocycles. The molecule has 6 heteroatoms. The molecule has 2 rings (SSSR count). The van der Waals surface area contributed by atoms with Gasteiger partial charge in [-0.1, -0.05) is 41.1 Å². The van der Waals surface area contributed by atoms with Gasteiger partial charge in [0.15, 0.2) is 0 Å². The number of sulfonamides is 1. The Morgan fingerprint density at radius 3 is 2.62 bits per heavy atom. The van der Waals surface area contributed by atoms with Gasteiger partial charge in [0.1, 0.15) is 4.90 Å². The van der Waals surface area contributed by atoms with E-state index in [0.29, 0.717) is 10.2 Å². The van der Waals surface area contributed by atoms with Gasteiger partial charge in [-0.3, -0.25) is 4.72 Å². The van der Waals surface area contributed by atoms with Gasteiger partial charge in [0.05, 0.1) is 11.4 Å². The van der Waals surface area contributed by atoms with Gasteiger partial charge in [0.2, 0.25) is 0 Å². The zero-order valence-corrected chi connectivity index (χ0v) is 14.3. The van der Waals surface area contributed by atoms with E-state index in [1.54, 1.807) is 12.1 Å². The summed E-state index contributed by atoms with van der Waals surface area (Å²) in [7, 11) is -3.73. The van der Waals surface area contributed by atoms with Crippen LogP contribution in [0, 0.1) is 6.92 Å². The number of nitrogens with two attached hydrogens (primary N) is 1. The third-order valence-corrected chi connectivity index (χ3v) is 5.14. The van der Waals surface area contributed by atoms with Crippen LogP contribution in [0.1, 0.15) is 18.1 Å². The molecule has 0 saturated carbocycles. The molecule has 112 valence electrons. The van der Waals surface area contributed by atoms with Crippen LogP contribution in [0.25, 0.3) is 0 Å². The number of hydrogen-bond donors (Lipinski definition) is 2. The van der Waals surface area contributed by atoms with Gasteiger partial charge in [0.25, 0.3) is 10.0 Å². The molecule has 21 heavy (non-hydrogen) atoms. The van der Waals surface area contributed by atoms with E-state index >= 15 is 0 Å². The van der Waals surface area contributed by atoms with Crippen LogP contribution >= 0.6 is 15.9 Å². The number of nitrogens with one attached hydrogen (secondary N) is 1. The minimum absolute atomic E-state index is 0.0715. The number of anilines is 2. The smallest absolute Gasteiger partial charge is 0.264 e. The third-order valence-electron chi connectivity index (χ3n) is 3.24. The number of halogens is 1. The molecule has 0 unspecified atom stereocenters. The molecule has 0 heterocycles. The van der Waals surface area contributed by atoms with E-state index < -0.39 is 10.0 Å². The number of aryl methyl sites for hydroxylation is 2. The minimum Gasteiger partial charge on any atom is -0.398 e. The Morgan fingerprint density at radius 2 is 1.95 bits per heavy atom. The Hall–Kier alpha value is -1.53. The molecule has 0 spiro atoms. The molecular formula is C15H17BrN2O2S. The van der Waals surface area contributed by atoms with Crippen molar-refractivity contribution >= 4 is 37.3 Å². The second kappa shape index (κ2) is 6.07. The standard InChI is InChI=1S/C15H17BrN2O2S/c1-3-11-6-4-5-10(2)15(11)18-21(19,20)14-9-12(16)7-8-13(14)17/h4-9,18H,3,17H2,1-2H3. The third kappa shape index (κ3) is 3.39. The summed E-state index contributed by atoms with van der Waals surface area (Å²) in [6, 6.07) is 10.5. The number of hydrogen-bond acceptors (Lipinski definition) is 3. The first-order valence-corrected chi connectivity index (χ1v) is 8.79. The highest BCUT2D eigenvalue weighted by atomic mass is 79.9. The van der Waals surface area contributed by atoms with Gasteiger partial charge in [-0.2, -0.15) is 0 Å². The number of benzene rings is 2. The van der Waals surface area contributed by atoms with E-state index in [-0.39, 0.29) is 10.6 Å². The van der Waals surface area contributed by atoms with E-state index in [2.05, 4.69) is 20.7 Å². The average Bonchev–Trinajstić information content (AvgIpc) is 2.43. The van der Waals surface area contributed by atoms with Crippen molar-refractivity contribution in [2.75, 3.05) is 10.5 Å². The Balaban J connectivity index is 2.50. The summed E-state index contributed by atoms with van der Waals surface area (Å²) in [6.07, 6.45) is 0.744. The lowest BCUT2D eigenvalue weighted by Crippen LogP contribution is -2.16. The van der Waals surface area contributed by atoms with E-state index in [4.69, 9.17) is 5.73 Å². The van der Waals surface area contributed by atoms with Gasteiger partial charge in [0, 0.05) is 4.47 Å². The lowest BCUT2D eigenvalue weighted by atomic mass is 10.1. The summed E-state index contributed by atoms with van der Waals surface area (Å²) in [4.78, 5) is 0.0715. The van der Waals surface area contributed by atoms with Crippen molar-refractivity contribution in [3.63, 3.8) is 0 Å². The van der Waals surface area contributed by atoms with Gasteiger partial charge < -0.3 is 5.73 Å². The fourth-order valence-corrected chi connectivity index (χ4v) is 3.94. The molecular weight excluding hydrogens is 352 g/mol. The van der Waals surface area contributed by atoms with E-state index in [1.807, 2.05) is 32.0 Å². The maximum Gasteiger partial charge on any atom is 0.264 e. The summed E-state index contributed by atoms with van der Waals surface area (Å²) in [6.45, 7) is 3.86. The summed E-state index contributed by atoms with van der Waals surface area (Å²) >= 11 is 3.27. The van der Waals surface area contributed by atoms with Crippen molar-refractivity contribution in [1.82, 2.24) is 0 Å². The zero-order chi connectivity index (χ0) is 15.6. The number of nitrogen functional groups attached to an aromatic ring is 1. The second-order valence-electron chi connectivity index (χ2n) is 4.75. The van der Waals surface area contributed by atoms with Crippen LogP contribution in [0.5, 0.6) is 0 Å². The number of para-hydroxylation sites is 1. The number of rotatable bonds is 4. The van der Waals surface area contributed by atoms with Crippen molar-refractivity contribution in [3.05, 3.63) is 52.0 Å². The molecule has 0 atom stereocenters. The monoisotopic (exact) mass is 368 g/mol. The Bertz CT molecular complexity index is 773. The first kappa shape index (κ1) is 15.9. The van der Waals surface area contributed by atoms with E-state index in [9.17, 15) is 8.42 Å². The van der Waals surface area contributed by atoms with Crippen LogP contribution in [0.3, 0.4) is 0 Å². The van der Waals surface area contributed by atoms with Crippen molar-refractivity contribution in [3.8, 4) is 0 Å². The molecule has 3 N–H and O–H groups in total. The zero-order valence-electron chi connectivity index (χ0n) is 11.9. The first-order chi connectivity index (χ1) is 9.85. The molecule has 2 aromatic carbocycles. The van der Waals surface area contributed by atoms with Crippen LogP contribution < -0.4 is 10.5 Å². The molecule has 0 aromatic heterocycles. The van der Waals surface area contributed by atoms with E-state index in [0.717, 1.165) is 17.5 Å². The second-order valence-corrected chi connectivity index (χ2v) is 7.32. The summed E-state index contributed by atoms with van der Waals surface area (Å²) in [5, 5.41) is 0. The highest BCUT2D eigenvalue weighted by Crippen LogP contribution is 2.28. The molecule has 0 amide bonds. The van der Waals surface area contributed by atoms with Crippen LogP contribution in [0.4, 0.5) is 11.4 Å². The van der Waals surface area contributed by atoms with E-state index in [1.165, 1.54) is 6.07 Å². The van der Waals surface area contributed by atoms with Crippen molar-refractivity contribution in [2.45, 2.75) is 25.2 Å². The van der Waals surface area contributed by atoms with Crippen LogP contribution in [-0.2, 0) is 16.4 Å². The highest BCUT2D eigenvalue weighted by molar-refractivity contribution is 9.10. The SMILES string of the molecule is CCc1cccc(C)c1NS(=O)(=O)c1cc(Br)ccc1N. The molecule has 0 fully saturated rings. The van der Waals surface area contributed by atoms with Gasteiger partial charge in [-0.05, 0) is 42.7 Å². The fraction of sp³-hybridized carbons (Fsp3) is 0.200. The summed E-state index contributed by atoms with van der Waals surface area (Å²) in [5.74, 6) is 0. The predicted octanol–water partition coefficient (Wildman–Crippen LogP) is 3.70. The first-order valence-electron chi connectivity index (χ1n) is 6.51. The Morgan fingerprint density at radius 1 is 1.24 bits per heavy atom. The van der Waals surface area contributed by atoms with Crippen molar-refractivity contribution in [1.29, 1.82) is 0 Å². The average molecular weight is 369 g/mol. The van der Waals surface area contributed by atoms with Gasteiger partial charge >= 0.3 is 0 Å². The summed E-state index contributed by atoms with van der Waals surface area (Å²) in [5.41, 5.74) is 8.47.